The van der Waals surface area contributed by atoms with Crippen LogP contribution < -0.4 is 5.32 Å². The normalized spacial score (nSPS) is 30.1. The van der Waals surface area contributed by atoms with Crippen LogP contribution in [0.4, 0.5) is 5.69 Å². The summed E-state index contributed by atoms with van der Waals surface area (Å²) in [7, 11) is 0. The number of nitrogens with one attached hydrogen (secondary N) is 1. The third-order valence-corrected chi connectivity index (χ3v) is 3.21. The van der Waals surface area contributed by atoms with Crippen molar-refractivity contribution in [3.63, 3.8) is 0 Å². The van der Waals surface area contributed by atoms with Crippen molar-refractivity contribution in [2.45, 2.75) is 31.3 Å². The number of rotatable bonds is 3. The first-order chi connectivity index (χ1) is 9.11. The molecular weight excluding hydrogens is 266 g/mol. The van der Waals surface area contributed by atoms with Crippen LogP contribution >= 0.6 is 12.2 Å². The maximum absolute atomic E-state index is 9.94. The van der Waals surface area contributed by atoms with Gasteiger partial charge in [0.05, 0.1) is 12.7 Å². The molecule has 3 N–H and O–H groups in total. The Kier molecular flexibility index (Phi) is 4.71. The van der Waals surface area contributed by atoms with E-state index in [1.54, 1.807) is 6.92 Å². The summed E-state index contributed by atoms with van der Waals surface area (Å²) >= 11 is 5.09. The second-order valence-corrected chi connectivity index (χ2v) is 4.78. The molecule has 5 nitrogen and oxygen atoms in total. The molecular formula is C13H17NO4S. The second-order valence-electron chi connectivity index (χ2n) is 4.41. The number of para-hydroxylation sites is 1. The number of aliphatic hydroxyl groups excluding tert-OH is 2. The van der Waals surface area contributed by atoms with Gasteiger partial charge in [-0.05, 0) is 31.3 Å². The Bertz CT molecular complexity index is 428. The van der Waals surface area contributed by atoms with E-state index >= 15 is 0 Å². The van der Waals surface area contributed by atoms with Crippen molar-refractivity contribution in [3.05, 3.63) is 30.3 Å². The van der Waals surface area contributed by atoms with Crippen molar-refractivity contribution in [2.75, 3.05) is 11.9 Å². The second kappa shape index (κ2) is 6.29. The first-order valence-corrected chi connectivity index (χ1v) is 6.49. The first-order valence-electron chi connectivity index (χ1n) is 6.09. The van der Waals surface area contributed by atoms with Crippen LogP contribution in [0.2, 0.25) is 0 Å². The molecule has 1 aromatic carbocycles. The Morgan fingerprint density at radius 3 is 2.68 bits per heavy atom. The Morgan fingerprint density at radius 2 is 2.11 bits per heavy atom. The zero-order chi connectivity index (χ0) is 13.8. The number of anilines is 1. The SMILES string of the molecule is CC1OC(CO)C(O)C1OC(=S)Nc1ccccc1. The van der Waals surface area contributed by atoms with Gasteiger partial charge in [0.1, 0.15) is 12.2 Å². The van der Waals surface area contributed by atoms with Crippen LogP contribution in [0.25, 0.3) is 0 Å². The molecule has 2 rings (SSSR count). The Balaban J connectivity index is 1.92. The minimum atomic E-state index is -0.893. The number of aliphatic hydroxyl groups is 2. The standard InChI is InChI=1S/C13H17NO4S/c1-8-12(11(16)10(7-15)17-8)18-13(19)14-9-5-3-2-4-6-9/h2-6,8,10-12,15-16H,7H2,1H3,(H,14,19). The van der Waals surface area contributed by atoms with Crippen LogP contribution in [0.3, 0.4) is 0 Å². The number of benzene rings is 1. The fourth-order valence-corrected chi connectivity index (χ4v) is 2.26. The van der Waals surface area contributed by atoms with E-state index in [9.17, 15) is 5.11 Å². The predicted molar refractivity (Wildman–Crippen MR) is 75.0 cm³/mol. The fourth-order valence-electron chi connectivity index (χ4n) is 2.03. The third-order valence-electron chi connectivity index (χ3n) is 3.01. The summed E-state index contributed by atoms with van der Waals surface area (Å²) in [5.41, 5.74) is 0.812. The topological polar surface area (TPSA) is 71.0 Å². The number of hydrogen-bond acceptors (Lipinski definition) is 5. The van der Waals surface area contributed by atoms with Gasteiger partial charge in [-0.2, -0.15) is 0 Å². The molecule has 1 aliphatic rings. The molecule has 0 aliphatic carbocycles. The molecule has 4 atom stereocenters. The van der Waals surface area contributed by atoms with Crippen LogP contribution in [0.1, 0.15) is 6.92 Å². The molecule has 1 fully saturated rings. The van der Waals surface area contributed by atoms with Gasteiger partial charge in [0.25, 0.3) is 5.17 Å². The summed E-state index contributed by atoms with van der Waals surface area (Å²) in [6.45, 7) is 1.53. The summed E-state index contributed by atoms with van der Waals surface area (Å²) in [4.78, 5) is 0. The molecule has 0 spiro atoms. The maximum Gasteiger partial charge on any atom is 0.261 e. The number of ether oxygens (including phenoxy) is 2. The van der Waals surface area contributed by atoms with Crippen molar-refractivity contribution < 1.29 is 19.7 Å². The Labute approximate surface area is 117 Å². The third kappa shape index (κ3) is 3.42. The minimum Gasteiger partial charge on any atom is -0.462 e. The first kappa shape index (κ1) is 14.2. The zero-order valence-electron chi connectivity index (χ0n) is 10.5. The van der Waals surface area contributed by atoms with Gasteiger partial charge in [0.2, 0.25) is 0 Å². The smallest absolute Gasteiger partial charge is 0.261 e. The number of thiocarbonyl (C=S) groups is 1. The Morgan fingerprint density at radius 1 is 1.42 bits per heavy atom. The van der Waals surface area contributed by atoms with Crippen molar-refractivity contribution >= 4 is 23.1 Å². The highest BCUT2D eigenvalue weighted by atomic mass is 32.1. The molecule has 0 saturated carbocycles. The van der Waals surface area contributed by atoms with E-state index in [0.717, 1.165) is 5.69 Å². The predicted octanol–water partition coefficient (Wildman–Crippen LogP) is 0.909. The van der Waals surface area contributed by atoms with Gasteiger partial charge in [-0.15, -0.1) is 0 Å². The van der Waals surface area contributed by atoms with Gasteiger partial charge >= 0.3 is 0 Å². The maximum atomic E-state index is 9.94. The van der Waals surface area contributed by atoms with Crippen LogP contribution in [-0.4, -0.2) is 46.4 Å². The van der Waals surface area contributed by atoms with Gasteiger partial charge < -0.3 is 25.0 Å². The lowest BCUT2D eigenvalue weighted by Crippen LogP contribution is -2.38. The molecule has 104 valence electrons. The minimum absolute atomic E-state index is 0.171. The van der Waals surface area contributed by atoms with Gasteiger partial charge in [-0.25, -0.2) is 0 Å². The number of hydrogen-bond donors (Lipinski definition) is 3. The highest BCUT2D eigenvalue weighted by Gasteiger charge is 2.43. The van der Waals surface area contributed by atoms with Crippen LogP contribution in [0.5, 0.6) is 0 Å². The average Bonchev–Trinajstić information content (AvgIpc) is 2.67. The lowest BCUT2D eigenvalue weighted by molar-refractivity contribution is -0.0171. The van der Waals surface area contributed by atoms with Crippen molar-refractivity contribution in [3.8, 4) is 0 Å². The summed E-state index contributed by atoms with van der Waals surface area (Å²) in [6.07, 6.45) is -2.43. The van der Waals surface area contributed by atoms with Crippen LogP contribution in [0.15, 0.2) is 30.3 Å². The molecule has 1 heterocycles. The summed E-state index contributed by atoms with van der Waals surface area (Å²) in [6, 6.07) is 9.37. The van der Waals surface area contributed by atoms with E-state index in [1.165, 1.54) is 0 Å². The molecule has 4 unspecified atom stereocenters. The zero-order valence-corrected chi connectivity index (χ0v) is 11.3. The van der Waals surface area contributed by atoms with E-state index in [-0.39, 0.29) is 17.9 Å². The quantitative estimate of drug-likeness (QED) is 0.716. The van der Waals surface area contributed by atoms with Crippen molar-refractivity contribution in [1.82, 2.24) is 0 Å². The highest BCUT2D eigenvalue weighted by molar-refractivity contribution is 7.80. The molecule has 1 aliphatic heterocycles. The van der Waals surface area contributed by atoms with E-state index in [4.69, 9.17) is 26.8 Å². The highest BCUT2D eigenvalue weighted by Crippen LogP contribution is 2.24. The van der Waals surface area contributed by atoms with E-state index in [2.05, 4.69) is 5.32 Å². The average molecular weight is 283 g/mol. The lowest BCUT2D eigenvalue weighted by Gasteiger charge is -2.20. The van der Waals surface area contributed by atoms with Crippen molar-refractivity contribution in [1.29, 1.82) is 0 Å². The molecule has 0 bridgehead atoms. The van der Waals surface area contributed by atoms with E-state index < -0.39 is 18.3 Å². The summed E-state index contributed by atoms with van der Waals surface area (Å²) in [5.74, 6) is 0. The fraction of sp³-hybridized carbons (Fsp3) is 0.462. The van der Waals surface area contributed by atoms with Gasteiger partial charge in [0.15, 0.2) is 6.10 Å². The summed E-state index contributed by atoms with van der Waals surface area (Å²) < 4.78 is 10.9. The van der Waals surface area contributed by atoms with E-state index in [0.29, 0.717) is 0 Å². The largest absolute Gasteiger partial charge is 0.462 e. The summed E-state index contributed by atoms with van der Waals surface area (Å²) in [5, 5.41) is 22.1. The molecule has 1 aromatic rings. The Hall–Kier alpha value is -1.21. The van der Waals surface area contributed by atoms with Gasteiger partial charge in [-0.3, -0.25) is 0 Å². The monoisotopic (exact) mass is 283 g/mol. The molecule has 19 heavy (non-hydrogen) atoms. The molecule has 0 amide bonds. The van der Waals surface area contributed by atoms with Gasteiger partial charge in [-0.1, -0.05) is 18.2 Å². The van der Waals surface area contributed by atoms with Crippen molar-refractivity contribution in [2.24, 2.45) is 0 Å². The molecule has 0 radical (unpaired) electrons. The van der Waals surface area contributed by atoms with E-state index in [1.807, 2.05) is 30.3 Å². The molecule has 6 heteroatoms. The van der Waals surface area contributed by atoms with Crippen LogP contribution in [0, 0.1) is 0 Å². The molecule has 1 saturated heterocycles. The van der Waals surface area contributed by atoms with Crippen LogP contribution in [-0.2, 0) is 9.47 Å². The molecule has 0 aromatic heterocycles. The van der Waals surface area contributed by atoms with Gasteiger partial charge in [0, 0.05) is 5.69 Å². The lowest BCUT2D eigenvalue weighted by atomic mass is 10.1.